The Bertz CT molecular complexity index is 505. The molecule has 0 radical (unpaired) electrons. The highest BCUT2D eigenvalue weighted by atomic mass is 79.9. The number of aliphatic hydroxyl groups excluding tert-OH is 1. The molecule has 17 heavy (non-hydrogen) atoms. The van der Waals surface area contributed by atoms with Crippen LogP contribution in [0.25, 0.3) is 6.08 Å². The van der Waals surface area contributed by atoms with Gasteiger partial charge in [0.15, 0.2) is 0 Å². The van der Waals surface area contributed by atoms with Gasteiger partial charge in [0.25, 0.3) is 0 Å². The van der Waals surface area contributed by atoms with Gasteiger partial charge in [-0.15, -0.1) is 0 Å². The Morgan fingerprint density at radius 3 is 2.47 bits per heavy atom. The molecule has 2 aromatic rings. The molecule has 1 atom stereocenters. The SMILES string of the molecule is OC(/C=C/c1ccccc1)c1cccc(Br)c1. The summed E-state index contributed by atoms with van der Waals surface area (Å²) in [7, 11) is 0. The summed E-state index contributed by atoms with van der Waals surface area (Å²) < 4.78 is 0.974. The number of hydrogen-bond donors (Lipinski definition) is 1. The van der Waals surface area contributed by atoms with Gasteiger partial charge in [-0.3, -0.25) is 0 Å². The minimum atomic E-state index is -0.576. The Balaban J connectivity index is 2.12. The molecule has 2 aromatic carbocycles. The minimum absolute atomic E-state index is 0.576. The second-order valence-corrected chi connectivity index (χ2v) is 4.69. The normalized spacial score (nSPS) is 12.8. The highest BCUT2D eigenvalue weighted by Crippen LogP contribution is 2.19. The Kier molecular flexibility index (Phi) is 4.13. The van der Waals surface area contributed by atoms with Crippen molar-refractivity contribution in [1.82, 2.24) is 0 Å². The molecule has 0 aliphatic rings. The van der Waals surface area contributed by atoms with E-state index in [0.29, 0.717) is 0 Å². The highest BCUT2D eigenvalue weighted by Gasteiger charge is 2.02. The average Bonchev–Trinajstić information content (AvgIpc) is 2.37. The fourth-order valence-electron chi connectivity index (χ4n) is 1.57. The molecule has 0 spiro atoms. The van der Waals surface area contributed by atoms with Crippen LogP contribution in [0.1, 0.15) is 17.2 Å². The maximum Gasteiger partial charge on any atom is 0.0975 e. The van der Waals surface area contributed by atoms with Gasteiger partial charge in [0.05, 0.1) is 6.10 Å². The predicted octanol–water partition coefficient (Wildman–Crippen LogP) is 4.20. The van der Waals surface area contributed by atoms with Crippen LogP contribution in [0.5, 0.6) is 0 Å². The summed E-state index contributed by atoms with van der Waals surface area (Å²) in [5.74, 6) is 0. The lowest BCUT2D eigenvalue weighted by Gasteiger charge is -2.06. The molecular formula is C15H13BrO. The van der Waals surface area contributed by atoms with Crippen LogP contribution in [0.2, 0.25) is 0 Å². The first-order chi connectivity index (χ1) is 8.25. The summed E-state index contributed by atoms with van der Waals surface area (Å²) in [4.78, 5) is 0. The molecule has 1 nitrogen and oxygen atoms in total. The number of aliphatic hydroxyl groups is 1. The second kappa shape index (κ2) is 5.80. The maximum atomic E-state index is 10.00. The summed E-state index contributed by atoms with van der Waals surface area (Å²) in [5, 5.41) is 10.00. The molecule has 86 valence electrons. The minimum Gasteiger partial charge on any atom is -0.384 e. The molecule has 1 N–H and O–H groups in total. The van der Waals surface area contributed by atoms with Gasteiger partial charge in [-0.1, -0.05) is 70.5 Å². The first kappa shape index (κ1) is 12.1. The van der Waals surface area contributed by atoms with Crippen molar-refractivity contribution in [2.45, 2.75) is 6.10 Å². The number of rotatable bonds is 3. The van der Waals surface area contributed by atoms with E-state index in [1.165, 1.54) is 0 Å². The van der Waals surface area contributed by atoms with E-state index in [9.17, 15) is 5.11 Å². The molecule has 0 heterocycles. The molecule has 0 saturated carbocycles. The maximum absolute atomic E-state index is 10.00. The topological polar surface area (TPSA) is 20.2 Å². The van der Waals surface area contributed by atoms with E-state index in [2.05, 4.69) is 15.9 Å². The third kappa shape index (κ3) is 3.55. The van der Waals surface area contributed by atoms with E-state index in [-0.39, 0.29) is 0 Å². The second-order valence-electron chi connectivity index (χ2n) is 3.77. The molecule has 0 bridgehead atoms. The molecule has 0 aliphatic carbocycles. The van der Waals surface area contributed by atoms with E-state index in [4.69, 9.17) is 0 Å². The molecule has 2 heteroatoms. The average molecular weight is 289 g/mol. The third-order valence-corrected chi connectivity index (χ3v) is 2.95. The van der Waals surface area contributed by atoms with Crippen LogP contribution in [0.4, 0.5) is 0 Å². The van der Waals surface area contributed by atoms with Crippen LogP contribution in [0.15, 0.2) is 65.1 Å². The van der Waals surface area contributed by atoms with E-state index in [1.807, 2.05) is 60.7 Å². The number of halogens is 1. The van der Waals surface area contributed by atoms with E-state index >= 15 is 0 Å². The fourth-order valence-corrected chi connectivity index (χ4v) is 1.99. The van der Waals surface area contributed by atoms with E-state index in [1.54, 1.807) is 6.08 Å². The van der Waals surface area contributed by atoms with Crippen LogP contribution >= 0.6 is 15.9 Å². The largest absolute Gasteiger partial charge is 0.384 e. The third-order valence-electron chi connectivity index (χ3n) is 2.46. The quantitative estimate of drug-likeness (QED) is 0.898. The fraction of sp³-hybridized carbons (Fsp3) is 0.0667. The zero-order valence-electron chi connectivity index (χ0n) is 9.25. The van der Waals surface area contributed by atoms with Crippen molar-refractivity contribution in [1.29, 1.82) is 0 Å². The Labute approximate surface area is 110 Å². The van der Waals surface area contributed by atoms with Crippen LogP contribution in [-0.4, -0.2) is 5.11 Å². The number of hydrogen-bond acceptors (Lipinski definition) is 1. The molecule has 1 unspecified atom stereocenters. The van der Waals surface area contributed by atoms with Crippen LogP contribution in [0.3, 0.4) is 0 Å². The monoisotopic (exact) mass is 288 g/mol. The lowest BCUT2D eigenvalue weighted by Crippen LogP contribution is -1.92. The van der Waals surface area contributed by atoms with Crippen molar-refractivity contribution in [3.8, 4) is 0 Å². The molecule has 0 saturated heterocycles. The molecular weight excluding hydrogens is 276 g/mol. The van der Waals surface area contributed by atoms with Gasteiger partial charge in [0, 0.05) is 4.47 Å². The number of benzene rings is 2. The zero-order chi connectivity index (χ0) is 12.1. The van der Waals surface area contributed by atoms with Crippen LogP contribution < -0.4 is 0 Å². The van der Waals surface area contributed by atoms with Crippen molar-refractivity contribution in [3.05, 3.63) is 76.3 Å². The predicted molar refractivity (Wildman–Crippen MR) is 74.6 cm³/mol. The van der Waals surface area contributed by atoms with Crippen molar-refractivity contribution in [2.24, 2.45) is 0 Å². The smallest absolute Gasteiger partial charge is 0.0975 e. The summed E-state index contributed by atoms with van der Waals surface area (Å²) in [6, 6.07) is 17.6. The molecule has 0 aromatic heterocycles. The Morgan fingerprint density at radius 1 is 1.00 bits per heavy atom. The first-order valence-electron chi connectivity index (χ1n) is 5.42. The van der Waals surface area contributed by atoms with Crippen LogP contribution in [0, 0.1) is 0 Å². The van der Waals surface area contributed by atoms with Gasteiger partial charge in [-0.25, -0.2) is 0 Å². The van der Waals surface area contributed by atoms with Crippen molar-refractivity contribution in [2.75, 3.05) is 0 Å². The summed E-state index contributed by atoms with van der Waals surface area (Å²) >= 11 is 3.39. The lowest BCUT2D eigenvalue weighted by molar-refractivity contribution is 0.229. The van der Waals surface area contributed by atoms with E-state index < -0.39 is 6.10 Å². The lowest BCUT2D eigenvalue weighted by atomic mass is 10.1. The van der Waals surface area contributed by atoms with Gasteiger partial charge >= 0.3 is 0 Å². The zero-order valence-corrected chi connectivity index (χ0v) is 10.8. The van der Waals surface area contributed by atoms with Gasteiger partial charge in [0.1, 0.15) is 0 Å². The standard InChI is InChI=1S/C15H13BrO/c16-14-8-4-7-13(11-14)15(17)10-9-12-5-2-1-3-6-12/h1-11,15,17H/b10-9+. The van der Waals surface area contributed by atoms with Gasteiger partial charge in [-0.05, 0) is 23.3 Å². The Morgan fingerprint density at radius 2 is 1.76 bits per heavy atom. The molecule has 2 rings (SSSR count). The van der Waals surface area contributed by atoms with Gasteiger partial charge in [0.2, 0.25) is 0 Å². The van der Waals surface area contributed by atoms with Crippen LogP contribution in [-0.2, 0) is 0 Å². The van der Waals surface area contributed by atoms with Crippen molar-refractivity contribution in [3.63, 3.8) is 0 Å². The first-order valence-corrected chi connectivity index (χ1v) is 6.22. The molecule has 0 fully saturated rings. The highest BCUT2D eigenvalue weighted by molar-refractivity contribution is 9.10. The van der Waals surface area contributed by atoms with Gasteiger partial charge < -0.3 is 5.11 Å². The summed E-state index contributed by atoms with van der Waals surface area (Å²) in [6.45, 7) is 0. The Hall–Kier alpha value is -1.38. The molecule has 0 amide bonds. The van der Waals surface area contributed by atoms with Gasteiger partial charge in [-0.2, -0.15) is 0 Å². The summed E-state index contributed by atoms with van der Waals surface area (Å²) in [6.07, 6.45) is 3.13. The molecule has 0 aliphatic heterocycles. The summed E-state index contributed by atoms with van der Waals surface area (Å²) in [5.41, 5.74) is 1.97. The van der Waals surface area contributed by atoms with E-state index in [0.717, 1.165) is 15.6 Å². The van der Waals surface area contributed by atoms with Crippen molar-refractivity contribution >= 4 is 22.0 Å². The van der Waals surface area contributed by atoms with Crippen molar-refractivity contribution < 1.29 is 5.11 Å².